The van der Waals surface area contributed by atoms with E-state index < -0.39 is 0 Å². The van der Waals surface area contributed by atoms with Gasteiger partial charge in [-0.1, -0.05) is 0 Å². The highest BCUT2D eigenvalue weighted by molar-refractivity contribution is 5.58. The number of nitrogens with zero attached hydrogens (tertiary/aromatic N) is 2. The van der Waals surface area contributed by atoms with Gasteiger partial charge in [-0.2, -0.15) is 0 Å². The van der Waals surface area contributed by atoms with Crippen LogP contribution in [0.1, 0.15) is 44.1 Å². The number of piperidine rings is 1. The highest BCUT2D eigenvalue weighted by atomic mass is 15.3. The summed E-state index contributed by atoms with van der Waals surface area (Å²) in [6, 6.07) is 6.49. The Bertz CT molecular complexity index is 520. The second-order valence-corrected chi connectivity index (χ2v) is 8.13. The molecule has 0 radical (unpaired) electrons. The van der Waals surface area contributed by atoms with E-state index in [-0.39, 0.29) is 0 Å². The van der Waals surface area contributed by atoms with Crippen molar-refractivity contribution < 1.29 is 4.48 Å². The maximum Gasteiger partial charge on any atom is 0.0784 e. The molecule has 0 spiro atoms. The van der Waals surface area contributed by atoms with Crippen LogP contribution in [0, 0.1) is 12.8 Å². The Kier molecular flexibility index (Phi) is 5.15. The minimum atomic E-state index is 0.879. The summed E-state index contributed by atoms with van der Waals surface area (Å²) in [5.74, 6) is 0.879. The van der Waals surface area contributed by atoms with Gasteiger partial charge in [-0.15, -0.1) is 0 Å². The van der Waals surface area contributed by atoms with Gasteiger partial charge in [-0.3, -0.25) is 0 Å². The normalized spacial score (nSPS) is 24.1. The minimum absolute atomic E-state index is 0.879. The van der Waals surface area contributed by atoms with E-state index in [0.29, 0.717) is 0 Å². The average Bonchev–Trinajstić information content (AvgIpc) is 2.99. The lowest BCUT2D eigenvalue weighted by Crippen LogP contribution is -2.48. The van der Waals surface area contributed by atoms with Crippen LogP contribution < -0.4 is 10.6 Å². The number of anilines is 2. The van der Waals surface area contributed by atoms with Crippen molar-refractivity contribution in [1.82, 2.24) is 0 Å². The minimum Gasteiger partial charge on any atom is -0.399 e. The van der Waals surface area contributed by atoms with E-state index in [4.69, 9.17) is 5.73 Å². The molecule has 3 nitrogen and oxygen atoms in total. The van der Waals surface area contributed by atoms with Gasteiger partial charge in [0.05, 0.1) is 26.7 Å². The fourth-order valence-electron chi connectivity index (χ4n) is 4.42. The maximum absolute atomic E-state index is 5.94. The predicted octanol–water partition coefficient (Wildman–Crippen LogP) is 3.81. The van der Waals surface area contributed by atoms with Crippen LogP contribution in [-0.2, 0) is 0 Å². The molecule has 3 heteroatoms. The Morgan fingerprint density at radius 2 is 2.00 bits per heavy atom. The van der Waals surface area contributed by atoms with Crippen LogP contribution in [0.3, 0.4) is 0 Å². The zero-order valence-corrected chi connectivity index (χ0v) is 15.1. The number of aryl methyl sites for hydroxylation is 1. The van der Waals surface area contributed by atoms with Crippen molar-refractivity contribution in [2.75, 3.05) is 50.4 Å². The number of rotatable bonds is 5. The molecule has 23 heavy (non-hydrogen) atoms. The number of hydrogen-bond donors (Lipinski definition) is 1. The molecular weight excluding hydrogens is 282 g/mol. The summed E-state index contributed by atoms with van der Waals surface area (Å²) in [6.45, 7) is 8.74. The molecule has 1 atom stereocenters. The summed E-state index contributed by atoms with van der Waals surface area (Å²) in [7, 11) is 2.47. The first kappa shape index (κ1) is 16.6. The van der Waals surface area contributed by atoms with Crippen LogP contribution in [0.25, 0.3) is 0 Å². The van der Waals surface area contributed by atoms with E-state index in [1.54, 1.807) is 0 Å². The molecule has 3 rings (SSSR count). The zero-order chi connectivity index (χ0) is 16.3. The summed E-state index contributed by atoms with van der Waals surface area (Å²) >= 11 is 0. The number of likely N-dealkylation sites (tertiary alicyclic amines) is 1. The third-order valence-corrected chi connectivity index (χ3v) is 6.11. The Hall–Kier alpha value is -1.22. The van der Waals surface area contributed by atoms with Gasteiger partial charge in [0.1, 0.15) is 0 Å². The molecule has 0 aliphatic carbocycles. The van der Waals surface area contributed by atoms with Gasteiger partial charge in [0.25, 0.3) is 0 Å². The third-order valence-electron chi connectivity index (χ3n) is 6.11. The summed E-state index contributed by atoms with van der Waals surface area (Å²) in [5, 5.41) is 0. The van der Waals surface area contributed by atoms with Gasteiger partial charge in [-0.25, -0.2) is 0 Å². The fourth-order valence-corrected chi connectivity index (χ4v) is 4.42. The van der Waals surface area contributed by atoms with E-state index in [9.17, 15) is 0 Å². The highest BCUT2D eigenvalue weighted by Crippen LogP contribution is 2.29. The van der Waals surface area contributed by atoms with Gasteiger partial charge >= 0.3 is 0 Å². The number of hydrogen-bond acceptors (Lipinski definition) is 2. The van der Waals surface area contributed by atoms with Crippen LogP contribution in [0.5, 0.6) is 0 Å². The average molecular weight is 317 g/mol. The van der Waals surface area contributed by atoms with E-state index in [1.807, 2.05) is 0 Å². The van der Waals surface area contributed by atoms with Crippen molar-refractivity contribution in [2.45, 2.75) is 45.4 Å². The highest BCUT2D eigenvalue weighted by Gasteiger charge is 2.26. The molecule has 2 N–H and O–H groups in total. The molecule has 128 valence electrons. The van der Waals surface area contributed by atoms with Crippen molar-refractivity contribution in [3.05, 3.63) is 23.8 Å². The van der Waals surface area contributed by atoms with Crippen LogP contribution >= 0.6 is 0 Å². The zero-order valence-electron chi connectivity index (χ0n) is 15.1. The quantitative estimate of drug-likeness (QED) is 0.661. The summed E-state index contributed by atoms with van der Waals surface area (Å²) in [5.41, 5.74) is 9.41. The molecule has 0 aromatic heterocycles. The van der Waals surface area contributed by atoms with Crippen molar-refractivity contribution in [3.63, 3.8) is 0 Å². The maximum atomic E-state index is 5.94. The number of nitrogen functional groups attached to an aromatic ring is 1. The van der Waals surface area contributed by atoms with Crippen LogP contribution in [-0.4, -0.2) is 44.3 Å². The second kappa shape index (κ2) is 7.12. The summed E-state index contributed by atoms with van der Waals surface area (Å²) in [6.07, 6.45) is 8.47. The summed E-state index contributed by atoms with van der Waals surface area (Å²) in [4.78, 5) is 2.55. The van der Waals surface area contributed by atoms with Crippen molar-refractivity contribution in [3.8, 4) is 0 Å². The van der Waals surface area contributed by atoms with Crippen LogP contribution in [0.4, 0.5) is 11.4 Å². The molecule has 2 aliphatic rings. The molecule has 1 aromatic rings. The van der Waals surface area contributed by atoms with Gasteiger partial charge in [0.2, 0.25) is 0 Å². The van der Waals surface area contributed by atoms with E-state index in [0.717, 1.165) is 11.6 Å². The van der Waals surface area contributed by atoms with Crippen molar-refractivity contribution >= 4 is 11.4 Å². The third kappa shape index (κ3) is 4.20. The van der Waals surface area contributed by atoms with E-state index in [2.05, 4.69) is 37.1 Å². The largest absolute Gasteiger partial charge is 0.399 e. The molecular formula is C20H34N3+. The lowest BCUT2D eigenvalue weighted by atomic mass is 10.0. The standard InChI is InChI=1S/C20H34N3/c1-17-15-19(8-9-20(17)21)22-11-10-18(16-22)7-6-14-23(2)12-4-3-5-13-23/h8-9,15,18H,3-7,10-14,16,21H2,1-2H3/q+1. The number of nitrogens with two attached hydrogens (primary N) is 1. The van der Waals surface area contributed by atoms with E-state index in [1.165, 1.54) is 87.0 Å². The SMILES string of the molecule is Cc1cc(N2CCC(CCC[N+]3(C)CCCCC3)C2)ccc1N. The first-order valence-corrected chi connectivity index (χ1v) is 9.50. The number of quaternary nitrogens is 1. The molecule has 2 heterocycles. The van der Waals surface area contributed by atoms with Crippen LogP contribution in [0.15, 0.2) is 18.2 Å². The van der Waals surface area contributed by atoms with Gasteiger partial charge in [0.15, 0.2) is 0 Å². The summed E-state index contributed by atoms with van der Waals surface area (Å²) < 4.78 is 1.33. The first-order chi connectivity index (χ1) is 11.1. The fraction of sp³-hybridized carbons (Fsp3) is 0.700. The molecule has 0 bridgehead atoms. The van der Waals surface area contributed by atoms with Gasteiger partial charge < -0.3 is 15.1 Å². The topological polar surface area (TPSA) is 29.3 Å². The molecule has 1 aromatic carbocycles. The molecule has 2 aliphatic heterocycles. The first-order valence-electron chi connectivity index (χ1n) is 9.50. The molecule has 1 unspecified atom stereocenters. The van der Waals surface area contributed by atoms with Crippen molar-refractivity contribution in [2.24, 2.45) is 5.92 Å². The molecule has 2 fully saturated rings. The van der Waals surface area contributed by atoms with Gasteiger partial charge in [-0.05, 0) is 75.1 Å². The smallest absolute Gasteiger partial charge is 0.0784 e. The van der Waals surface area contributed by atoms with Crippen molar-refractivity contribution in [1.29, 1.82) is 0 Å². The Morgan fingerprint density at radius 1 is 1.22 bits per heavy atom. The van der Waals surface area contributed by atoms with Crippen LogP contribution in [0.2, 0.25) is 0 Å². The Labute approximate surface area is 142 Å². The number of benzene rings is 1. The lowest BCUT2D eigenvalue weighted by Gasteiger charge is -2.38. The molecule has 2 saturated heterocycles. The van der Waals surface area contributed by atoms with Gasteiger partial charge in [0, 0.05) is 24.5 Å². The molecule has 0 saturated carbocycles. The Morgan fingerprint density at radius 3 is 2.74 bits per heavy atom. The molecule has 0 amide bonds. The lowest BCUT2D eigenvalue weighted by molar-refractivity contribution is -0.914. The van der Waals surface area contributed by atoms with E-state index >= 15 is 0 Å². The predicted molar refractivity (Wildman–Crippen MR) is 99.8 cm³/mol. The Balaban J connectivity index is 1.45. The monoisotopic (exact) mass is 316 g/mol. The second-order valence-electron chi connectivity index (χ2n) is 8.13.